The molecule has 6 heteroatoms. The number of hydrogen-bond donors (Lipinski definition) is 0. The molecule has 0 unspecified atom stereocenters. The second-order valence-electron chi connectivity index (χ2n) is 24.8. The molecule has 0 fully saturated rings. The monoisotopic (exact) mass is 993 g/mol. The molecule has 10 aromatic rings. The van der Waals surface area contributed by atoms with Crippen LogP contribution in [0.5, 0.6) is 11.5 Å². The number of anilines is 6. The van der Waals surface area contributed by atoms with Crippen LogP contribution in [-0.4, -0.2) is 13.5 Å². The Morgan fingerprint density at radius 1 is 0.408 bits per heavy atom. The molecule has 13 rings (SSSR count). The van der Waals surface area contributed by atoms with E-state index in [0.717, 1.165) is 78.4 Å². The van der Waals surface area contributed by atoms with Gasteiger partial charge >= 0.3 is 0 Å². The SMILES string of the molecule is Cc1cc2c3c(c1)N(c1c(C)cc(C(C)(C)C)cc1C)c1cc4c(cc1B3c1ccc(-c3ccc5c(c3)oc3ccccc35)cc1N2c1cc(-c2ccc(C(C)(C)C)cc2)cc(-c2ccc(C(C)(C)C)cc2)c1)OCO4. The zero-order valence-corrected chi connectivity index (χ0v) is 46.0. The van der Waals surface area contributed by atoms with Gasteiger partial charge in [-0.2, -0.15) is 0 Å². The minimum Gasteiger partial charge on any atom is -0.456 e. The Morgan fingerprint density at radius 2 is 0.934 bits per heavy atom. The van der Waals surface area contributed by atoms with Crippen LogP contribution in [0.15, 0.2) is 168 Å². The van der Waals surface area contributed by atoms with Gasteiger partial charge in [-0.3, -0.25) is 0 Å². The van der Waals surface area contributed by atoms with Gasteiger partial charge in [0.25, 0.3) is 6.71 Å². The first kappa shape index (κ1) is 47.7. The molecule has 1 aromatic heterocycles. The summed E-state index contributed by atoms with van der Waals surface area (Å²) >= 11 is 0. The van der Waals surface area contributed by atoms with E-state index in [1.54, 1.807) is 0 Å². The summed E-state index contributed by atoms with van der Waals surface area (Å²) in [4.78, 5) is 5.10. The predicted molar refractivity (Wildman–Crippen MR) is 320 cm³/mol. The average molecular weight is 993 g/mol. The Hall–Kier alpha value is -7.96. The summed E-state index contributed by atoms with van der Waals surface area (Å²) in [6.45, 7) is 27.5. The highest BCUT2D eigenvalue weighted by Gasteiger charge is 2.45. The van der Waals surface area contributed by atoms with E-state index in [-0.39, 0.29) is 29.8 Å². The van der Waals surface area contributed by atoms with Crippen molar-refractivity contribution in [2.75, 3.05) is 16.6 Å². The van der Waals surface area contributed by atoms with Gasteiger partial charge in [0.2, 0.25) is 6.79 Å². The molecule has 0 bridgehead atoms. The largest absolute Gasteiger partial charge is 0.456 e. The number of rotatable bonds is 5. The molecule has 4 heterocycles. The Labute approximate surface area is 448 Å². The molecule has 76 heavy (non-hydrogen) atoms. The molecule has 0 saturated carbocycles. The lowest BCUT2D eigenvalue weighted by Crippen LogP contribution is -2.61. The lowest BCUT2D eigenvalue weighted by atomic mass is 9.33. The molecule has 0 radical (unpaired) electrons. The van der Waals surface area contributed by atoms with Gasteiger partial charge in [0.15, 0.2) is 11.5 Å². The molecule has 0 amide bonds. The smallest absolute Gasteiger partial charge is 0.252 e. The van der Waals surface area contributed by atoms with E-state index in [1.807, 2.05) is 6.07 Å². The fourth-order valence-corrected chi connectivity index (χ4v) is 12.3. The Balaban J connectivity index is 1.10. The molecular weight excluding hydrogens is 928 g/mol. The van der Waals surface area contributed by atoms with Crippen molar-refractivity contribution < 1.29 is 13.9 Å². The highest BCUT2D eigenvalue weighted by Crippen LogP contribution is 2.50. The van der Waals surface area contributed by atoms with Crippen molar-refractivity contribution in [1.82, 2.24) is 0 Å². The van der Waals surface area contributed by atoms with Crippen LogP contribution in [0.1, 0.15) is 95.7 Å². The quantitative estimate of drug-likeness (QED) is 0.161. The Bertz CT molecular complexity index is 3910. The first-order chi connectivity index (χ1) is 36.3. The number of benzene rings is 9. The van der Waals surface area contributed by atoms with Crippen LogP contribution in [0.2, 0.25) is 0 Å². The summed E-state index contributed by atoms with van der Waals surface area (Å²) in [6.07, 6.45) is 0. The van der Waals surface area contributed by atoms with Crippen LogP contribution >= 0.6 is 0 Å². The number of furan rings is 1. The molecule has 0 spiro atoms. The molecule has 0 atom stereocenters. The molecule has 3 aliphatic rings. The molecule has 0 aliphatic carbocycles. The summed E-state index contributed by atoms with van der Waals surface area (Å²) in [5, 5.41) is 2.24. The zero-order valence-electron chi connectivity index (χ0n) is 46.0. The van der Waals surface area contributed by atoms with Crippen LogP contribution < -0.4 is 35.7 Å². The van der Waals surface area contributed by atoms with Crippen LogP contribution in [0.25, 0.3) is 55.3 Å². The maximum absolute atomic E-state index is 6.52. The highest BCUT2D eigenvalue weighted by molar-refractivity contribution is 7.00. The molecule has 3 aliphatic heterocycles. The summed E-state index contributed by atoms with van der Waals surface area (Å²) in [5.74, 6) is 1.55. The molecule has 9 aromatic carbocycles. The van der Waals surface area contributed by atoms with Gasteiger partial charge in [-0.15, -0.1) is 0 Å². The van der Waals surface area contributed by atoms with Crippen molar-refractivity contribution in [2.24, 2.45) is 0 Å². The first-order valence-electron chi connectivity index (χ1n) is 27.0. The van der Waals surface area contributed by atoms with Crippen molar-refractivity contribution in [3.63, 3.8) is 0 Å². The van der Waals surface area contributed by atoms with E-state index in [4.69, 9.17) is 13.9 Å². The second-order valence-corrected chi connectivity index (χ2v) is 24.8. The lowest BCUT2D eigenvalue weighted by molar-refractivity contribution is 0.174. The number of fused-ring (bicyclic) bond motifs is 8. The summed E-state index contributed by atoms with van der Waals surface area (Å²) in [6, 6.07) is 61.9. The standard InChI is InChI=1S/C70H65BN2O3/c1-41-29-60-66-61(30-41)73(67-42(2)31-52(32-43(67)3)70(10,11)12)59-39-65-64(74-40-75-65)38-57(59)71(66)56-28-22-46(47-21-27-55-54-15-13-14-16-62(54)76-63(55)37-47)36-58(56)72(60)53-34-48(44-17-23-50(24-18-44)68(4,5)6)33-49(35-53)45-19-25-51(26-20-45)69(7,8)9/h13-39H,40H2,1-12H3. The molecule has 376 valence electrons. The van der Waals surface area contributed by atoms with Crippen molar-refractivity contribution >= 4 is 79.2 Å². The average Bonchev–Trinajstić information content (AvgIpc) is 4.14. The van der Waals surface area contributed by atoms with E-state index in [0.29, 0.717) is 0 Å². The zero-order chi connectivity index (χ0) is 52.7. The maximum atomic E-state index is 6.52. The Kier molecular flexibility index (Phi) is 10.7. The van der Waals surface area contributed by atoms with Gasteiger partial charge in [0.1, 0.15) is 11.2 Å². The minimum atomic E-state index is -0.128. The summed E-state index contributed by atoms with van der Waals surface area (Å²) in [7, 11) is 0. The Morgan fingerprint density at radius 3 is 1.55 bits per heavy atom. The first-order valence-corrected chi connectivity index (χ1v) is 27.0. The molecule has 0 saturated heterocycles. The maximum Gasteiger partial charge on any atom is 0.252 e. The minimum absolute atomic E-state index is 0.00895. The number of para-hydroxylation sites is 1. The van der Waals surface area contributed by atoms with E-state index in [1.165, 1.54) is 72.3 Å². The van der Waals surface area contributed by atoms with E-state index in [9.17, 15) is 0 Å². The molecule has 0 N–H and O–H groups in total. The van der Waals surface area contributed by atoms with Gasteiger partial charge in [0, 0.05) is 45.3 Å². The van der Waals surface area contributed by atoms with Gasteiger partial charge in [0.05, 0.1) is 5.69 Å². The van der Waals surface area contributed by atoms with Crippen LogP contribution in [0.3, 0.4) is 0 Å². The van der Waals surface area contributed by atoms with Crippen molar-refractivity contribution in [3.8, 4) is 44.9 Å². The van der Waals surface area contributed by atoms with Gasteiger partial charge < -0.3 is 23.7 Å². The fraction of sp³-hybridized carbons (Fsp3) is 0.229. The third-order valence-electron chi connectivity index (χ3n) is 16.3. The lowest BCUT2D eigenvalue weighted by Gasteiger charge is -2.45. The normalized spacial score (nSPS) is 13.9. The van der Waals surface area contributed by atoms with E-state index >= 15 is 0 Å². The van der Waals surface area contributed by atoms with Crippen LogP contribution in [-0.2, 0) is 16.2 Å². The number of nitrogens with zero attached hydrogens (tertiary/aromatic N) is 2. The van der Waals surface area contributed by atoms with Crippen molar-refractivity contribution in [3.05, 3.63) is 197 Å². The van der Waals surface area contributed by atoms with Crippen molar-refractivity contribution in [1.29, 1.82) is 0 Å². The second kappa shape index (κ2) is 17.0. The third-order valence-corrected chi connectivity index (χ3v) is 16.3. The number of ether oxygens (including phenoxy) is 2. The highest BCUT2D eigenvalue weighted by atomic mass is 16.7. The molecule has 5 nitrogen and oxygen atoms in total. The topological polar surface area (TPSA) is 38.1 Å². The van der Waals surface area contributed by atoms with Crippen molar-refractivity contribution in [2.45, 2.75) is 99.3 Å². The van der Waals surface area contributed by atoms with Crippen LogP contribution in [0.4, 0.5) is 34.1 Å². The number of hydrogen-bond acceptors (Lipinski definition) is 5. The predicted octanol–water partition coefficient (Wildman–Crippen LogP) is 17.2. The third kappa shape index (κ3) is 7.82. The van der Waals surface area contributed by atoms with Gasteiger partial charge in [-0.05, 0) is 181 Å². The van der Waals surface area contributed by atoms with Gasteiger partial charge in [-0.1, -0.05) is 159 Å². The summed E-state index contributed by atoms with van der Waals surface area (Å²) < 4.78 is 19.0. The summed E-state index contributed by atoms with van der Waals surface area (Å²) in [5.41, 5.74) is 26.8. The fourth-order valence-electron chi connectivity index (χ4n) is 12.3. The van der Waals surface area contributed by atoms with Crippen LogP contribution in [0, 0.1) is 20.8 Å². The number of aryl methyl sites for hydroxylation is 3. The van der Waals surface area contributed by atoms with E-state index in [2.05, 4.69) is 251 Å². The molecular formula is C70H65BN2O3. The van der Waals surface area contributed by atoms with Gasteiger partial charge in [-0.25, -0.2) is 0 Å². The van der Waals surface area contributed by atoms with E-state index < -0.39 is 0 Å².